The summed E-state index contributed by atoms with van der Waals surface area (Å²) in [7, 11) is 3.28. The number of nitrogens with two attached hydrogens (primary N) is 1. The smallest absolute Gasteiger partial charge is 0.251 e. The number of nitrogens with one attached hydrogen (secondary N) is 1. The third-order valence-electron chi connectivity index (χ3n) is 2.71. The minimum Gasteiger partial charge on any atom is -0.348 e. The quantitative estimate of drug-likeness (QED) is 0.642. The Morgan fingerprint density at radius 2 is 1.62 bits per heavy atom. The van der Waals surface area contributed by atoms with Gasteiger partial charge in [0.1, 0.15) is 0 Å². The standard InChI is InChI=1S/C15H15NO.C2H4FN.CH3F.CH5NO/c1-12-7-9-14(10-8-12)15(17)16-11-13-5-3-2-4-6-13;1-4-2-3;1-2;1-3-2/h2-10H,11H2,1H3,(H,16,17);2H,1H3;1H3;2H2,1H3. The lowest BCUT2D eigenvalue weighted by molar-refractivity contribution is 0.0951. The number of benzene rings is 2. The molecule has 0 bridgehead atoms. The van der Waals surface area contributed by atoms with Gasteiger partial charge in [-0.3, -0.25) is 14.2 Å². The maximum atomic E-state index is 11.8. The van der Waals surface area contributed by atoms with E-state index in [2.05, 4.69) is 21.0 Å². The number of aliphatic imine (C=N–C) groups is 1. The summed E-state index contributed by atoms with van der Waals surface area (Å²) in [4.78, 5) is 18.5. The Bertz CT molecular complexity index is 587. The molecule has 0 spiro atoms. The molecule has 144 valence electrons. The molecule has 0 aromatic heterocycles. The number of carbonyl (C=O) groups is 1. The molecule has 0 heterocycles. The van der Waals surface area contributed by atoms with Gasteiger partial charge in [0.25, 0.3) is 5.91 Å². The van der Waals surface area contributed by atoms with E-state index in [1.807, 2.05) is 61.5 Å². The molecule has 3 N–H and O–H groups in total. The lowest BCUT2D eigenvalue weighted by Crippen LogP contribution is -2.22. The summed E-state index contributed by atoms with van der Waals surface area (Å²) in [5, 5.41) is 2.90. The summed E-state index contributed by atoms with van der Waals surface area (Å²) in [5.41, 5.74) is 2.96. The van der Waals surface area contributed by atoms with Gasteiger partial charge in [-0.1, -0.05) is 48.0 Å². The van der Waals surface area contributed by atoms with Crippen LogP contribution in [-0.4, -0.2) is 33.7 Å². The molecule has 7 heteroatoms. The molecule has 0 aliphatic heterocycles. The molecular formula is C19H27F2N3O2. The predicted octanol–water partition coefficient (Wildman–Crippen LogP) is 3.63. The highest BCUT2D eigenvalue weighted by atomic mass is 19.1. The van der Waals surface area contributed by atoms with Crippen molar-refractivity contribution in [3.05, 3.63) is 71.3 Å². The maximum Gasteiger partial charge on any atom is 0.251 e. The fourth-order valence-corrected chi connectivity index (χ4v) is 1.59. The number of halogens is 2. The van der Waals surface area contributed by atoms with E-state index in [4.69, 9.17) is 0 Å². The van der Waals surface area contributed by atoms with Crippen LogP contribution >= 0.6 is 0 Å². The molecule has 0 unspecified atom stereocenters. The van der Waals surface area contributed by atoms with Gasteiger partial charge in [0.05, 0.1) is 14.3 Å². The van der Waals surface area contributed by atoms with E-state index in [0.29, 0.717) is 19.3 Å². The van der Waals surface area contributed by atoms with Crippen LogP contribution in [0.3, 0.4) is 0 Å². The largest absolute Gasteiger partial charge is 0.348 e. The summed E-state index contributed by atoms with van der Waals surface area (Å²) in [6.45, 7) is 2.82. The lowest BCUT2D eigenvalue weighted by Gasteiger charge is -2.05. The predicted molar refractivity (Wildman–Crippen MR) is 103 cm³/mol. The van der Waals surface area contributed by atoms with Gasteiger partial charge in [-0.25, -0.2) is 5.90 Å². The third-order valence-corrected chi connectivity index (χ3v) is 2.71. The van der Waals surface area contributed by atoms with Crippen LogP contribution in [0, 0.1) is 6.92 Å². The minimum absolute atomic E-state index is 0.0335. The Morgan fingerprint density at radius 1 is 1.15 bits per heavy atom. The van der Waals surface area contributed by atoms with Crippen molar-refractivity contribution in [3.63, 3.8) is 0 Å². The minimum atomic E-state index is -0.0335. The van der Waals surface area contributed by atoms with Gasteiger partial charge in [0.15, 0.2) is 6.47 Å². The number of nitrogens with zero attached hydrogens (tertiary/aromatic N) is 1. The van der Waals surface area contributed by atoms with Crippen LogP contribution in [0.2, 0.25) is 0 Å². The molecule has 0 saturated carbocycles. The van der Waals surface area contributed by atoms with E-state index in [-0.39, 0.29) is 12.4 Å². The van der Waals surface area contributed by atoms with Crippen molar-refractivity contribution in [2.75, 3.05) is 21.3 Å². The van der Waals surface area contributed by atoms with Gasteiger partial charge in [-0.2, -0.15) is 4.39 Å². The number of amides is 1. The van der Waals surface area contributed by atoms with E-state index in [9.17, 15) is 13.6 Å². The first-order valence-corrected chi connectivity index (χ1v) is 7.59. The van der Waals surface area contributed by atoms with Crippen molar-refractivity contribution in [2.45, 2.75) is 13.5 Å². The third kappa shape index (κ3) is 13.8. The second-order valence-electron chi connectivity index (χ2n) is 4.63. The summed E-state index contributed by atoms with van der Waals surface area (Å²) in [6, 6.07) is 17.5. The van der Waals surface area contributed by atoms with Crippen LogP contribution in [0.1, 0.15) is 21.5 Å². The molecule has 0 atom stereocenters. The second-order valence-corrected chi connectivity index (χ2v) is 4.63. The van der Waals surface area contributed by atoms with Gasteiger partial charge < -0.3 is 10.2 Å². The zero-order valence-corrected chi connectivity index (χ0v) is 15.6. The fraction of sp³-hybridized carbons (Fsp3) is 0.263. The molecule has 26 heavy (non-hydrogen) atoms. The number of hydrogen-bond donors (Lipinski definition) is 2. The molecule has 0 aliphatic rings. The molecule has 2 rings (SSSR count). The van der Waals surface area contributed by atoms with Gasteiger partial charge in [0, 0.05) is 19.2 Å². The Hall–Kier alpha value is -2.64. The van der Waals surface area contributed by atoms with Crippen molar-refractivity contribution < 1.29 is 18.4 Å². The van der Waals surface area contributed by atoms with Gasteiger partial charge in [-0.15, -0.1) is 0 Å². The summed E-state index contributed by atoms with van der Waals surface area (Å²) < 4.78 is 19.9. The van der Waals surface area contributed by atoms with Crippen molar-refractivity contribution in [3.8, 4) is 0 Å². The van der Waals surface area contributed by atoms with E-state index in [0.717, 1.165) is 11.1 Å². The molecule has 2 aromatic carbocycles. The number of alkyl halides is 1. The number of carbonyl (C=O) groups excluding carboxylic acids is 1. The fourth-order valence-electron chi connectivity index (χ4n) is 1.59. The Morgan fingerprint density at radius 3 is 2.04 bits per heavy atom. The SMILES string of the molecule is CF.CN=CF.CON.Cc1ccc(C(=O)NCc2ccccc2)cc1. The van der Waals surface area contributed by atoms with Crippen molar-refractivity contribution >= 4 is 12.4 Å². The normalized spacial score (nSPS) is 8.88. The molecule has 0 fully saturated rings. The van der Waals surface area contributed by atoms with Gasteiger partial charge in [-0.05, 0) is 24.6 Å². The van der Waals surface area contributed by atoms with Crippen LogP contribution in [0.5, 0.6) is 0 Å². The molecule has 0 radical (unpaired) electrons. The molecule has 0 aliphatic carbocycles. The number of aryl methyl sites for hydroxylation is 1. The Labute approximate surface area is 153 Å². The average molecular weight is 367 g/mol. The second kappa shape index (κ2) is 18.7. The van der Waals surface area contributed by atoms with E-state index < -0.39 is 0 Å². The van der Waals surface area contributed by atoms with Crippen molar-refractivity contribution in [2.24, 2.45) is 10.9 Å². The number of hydrogen-bond acceptors (Lipinski definition) is 4. The highest BCUT2D eigenvalue weighted by molar-refractivity contribution is 5.94. The van der Waals surface area contributed by atoms with Crippen LogP contribution in [0.4, 0.5) is 8.78 Å². The molecule has 0 saturated heterocycles. The average Bonchev–Trinajstić information content (AvgIpc) is 2.70. The highest BCUT2D eigenvalue weighted by Gasteiger charge is 2.03. The Balaban J connectivity index is 0. The maximum absolute atomic E-state index is 11.8. The zero-order chi connectivity index (χ0) is 20.2. The van der Waals surface area contributed by atoms with Crippen molar-refractivity contribution in [1.82, 2.24) is 5.32 Å². The summed E-state index contributed by atoms with van der Waals surface area (Å²) in [5.74, 6) is 4.31. The van der Waals surface area contributed by atoms with Crippen LogP contribution in [-0.2, 0) is 11.4 Å². The first kappa shape index (κ1) is 25.6. The molecule has 5 nitrogen and oxygen atoms in total. The first-order chi connectivity index (χ1) is 12.6. The highest BCUT2D eigenvalue weighted by Crippen LogP contribution is 2.04. The van der Waals surface area contributed by atoms with E-state index >= 15 is 0 Å². The van der Waals surface area contributed by atoms with E-state index in [1.165, 1.54) is 14.2 Å². The van der Waals surface area contributed by atoms with E-state index in [1.54, 1.807) is 0 Å². The summed E-state index contributed by atoms with van der Waals surface area (Å²) in [6.07, 6.45) is 0. The van der Waals surface area contributed by atoms with Gasteiger partial charge in [0.2, 0.25) is 0 Å². The molecule has 1 amide bonds. The molecule has 2 aromatic rings. The zero-order valence-electron chi connectivity index (χ0n) is 15.6. The van der Waals surface area contributed by atoms with Crippen LogP contribution in [0.25, 0.3) is 0 Å². The molecular weight excluding hydrogens is 340 g/mol. The summed E-state index contributed by atoms with van der Waals surface area (Å²) >= 11 is 0. The van der Waals surface area contributed by atoms with Crippen LogP contribution in [0.15, 0.2) is 59.6 Å². The topological polar surface area (TPSA) is 76.7 Å². The lowest BCUT2D eigenvalue weighted by atomic mass is 10.1. The first-order valence-electron chi connectivity index (χ1n) is 7.59. The van der Waals surface area contributed by atoms with Crippen LogP contribution < -0.4 is 11.2 Å². The van der Waals surface area contributed by atoms with Gasteiger partial charge >= 0.3 is 0 Å². The number of rotatable bonds is 3. The Kier molecular flexibility index (Phi) is 18.4. The van der Waals surface area contributed by atoms with Crippen molar-refractivity contribution in [1.29, 1.82) is 0 Å². The monoisotopic (exact) mass is 367 g/mol.